The van der Waals surface area contributed by atoms with Gasteiger partial charge < -0.3 is 4.74 Å². The molecule has 2 nitrogen and oxygen atoms in total. The van der Waals surface area contributed by atoms with E-state index in [1.54, 1.807) is 0 Å². The number of unbranched alkanes of at least 4 members (excludes halogenated alkanes) is 2. The number of benzene rings is 2. The normalized spacial score (nSPS) is 11.7. The van der Waals surface area contributed by atoms with E-state index >= 15 is 0 Å². The predicted octanol–water partition coefficient (Wildman–Crippen LogP) is 6.21. The monoisotopic (exact) mass is 321 g/mol. The summed E-state index contributed by atoms with van der Waals surface area (Å²) in [4.78, 5) is 0. The van der Waals surface area contributed by atoms with Crippen molar-refractivity contribution in [3.63, 3.8) is 0 Å². The van der Waals surface area contributed by atoms with E-state index in [1.807, 2.05) is 36.4 Å². The van der Waals surface area contributed by atoms with E-state index in [9.17, 15) is 0 Å². The van der Waals surface area contributed by atoms with E-state index in [-0.39, 0.29) is 0 Å². The van der Waals surface area contributed by atoms with Gasteiger partial charge in [-0.1, -0.05) is 63.8 Å². The lowest BCUT2D eigenvalue weighted by atomic mass is 10.0. The SMILES string of the molecule is CCC(C)CCCCCOc1ccc(-c2ccc(C#N)cc2)cc1. The third-order valence-electron chi connectivity index (χ3n) is 4.51. The Bertz CT molecular complexity index is 637. The third-order valence-corrected chi connectivity index (χ3v) is 4.51. The summed E-state index contributed by atoms with van der Waals surface area (Å²) in [5.74, 6) is 1.77. The topological polar surface area (TPSA) is 33.0 Å². The van der Waals surface area contributed by atoms with Crippen LogP contribution in [0.4, 0.5) is 0 Å². The van der Waals surface area contributed by atoms with E-state index < -0.39 is 0 Å². The lowest BCUT2D eigenvalue weighted by Crippen LogP contribution is -1.98. The molecule has 0 heterocycles. The number of rotatable bonds is 9. The quantitative estimate of drug-likeness (QED) is 0.514. The smallest absolute Gasteiger partial charge is 0.119 e. The maximum atomic E-state index is 8.84. The molecular weight excluding hydrogens is 294 g/mol. The van der Waals surface area contributed by atoms with Crippen molar-refractivity contribution in [1.29, 1.82) is 5.26 Å². The minimum Gasteiger partial charge on any atom is -0.494 e. The van der Waals surface area contributed by atoms with Crippen LogP contribution in [0.5, 0.6) is 5.75 Å². The van der Waals surface area contributed by atoms with Gasteiger partial charge in [-0.2, -0.15) is 5.26 Å². The van der Waals surface area contributed by atoms with Crippen molar-refractivity contribution in [3.8, 4) is 22.9 Å². The van der Waals surface area contributed by atoms with Gasteiger partial charge in [0.05, 0.1) is 18.2 Å². The van der Waals surface area contributed by atoms with Crippen LogP contribution in [0.1, 0.15) is 51.5 Å². The number of nitriles is 1. The molecule has 0 saturated heterocycles. The van der Waals surface area contributed by atoms with Crippen LogP contribution in [0.3, 0.4) is 0 Å². The number of ether oxygens (including phenoxy) is 1. The molecule has 0 aliphatic rings. The first-order valence-corrected chi connectivity index (χ1v) is 8.96. The Morgan fingerprint density at radius 3 is 2.12 bits per heavy atom. The average molecular weight is 321 g/mol. The molecule has 2 heteroatoms. The van der Waals surface area contributed by atoms with Gasteiger partial charge in [0.15, 0.2) is 0 Å². The van der Waals surface area contributed by atoms with Gasteiger partial charge in [-0.25, -0.2) is 0 Å². The van der Waals surface area contributed by atoms with Gasteiger partial charge in [0.1, 0.15) is 5.75 Å². The fourth-order valence-electron chi connectivity index (χ4n) is 2.65. The van der Waals surface area contributed by atoms with Crippen LogP contribution in [0.2, 0.25) is 0 Å². The standard InChI is InChI=1S/C22H27NO/c1-3-18(2)7-5-4-6-16-24-22-14-12-21(13-15-22)20-10-8-19(17-23)9-11-20/h8-15,18H,3-7,16H2,1-2H3. The first kappa shape index (κ1) is 18.1. The highest BCUT2D eigenvalue weighted by Gasteiger charge is 2.01. The predicted molar refractivity (Wildman–Crippen MR) is 100 cm³/mol. The Hall–Kier alpha value is -2.27. The summed E-state index contributed by atoms with van der Waals surface area (Å²) in [7, 11) is 0. The third kappa shape index (κ3) is 5.74. The second kappa shape index (κ2) is 9.78. The van der Waals surface area contributed by atoms with Crippen LogP contribution in [0.25, 0.3) is 11.1 Å². The molecule has 126 valence electrons. The van der Waals surface area contributed by atoms with Crippen LogP contribution >= 0.6 is 0 Å². The maximum absolute atomic E-state index is 8.84. The maximum Gasteiger partial charge on any atom is 0.119 e. The summed E-state index contributed by atoms with van der Waals surface area (Å²) >= 11 is 0. The van der Waals surface area contributed by atoms with Crippen molar-refractivity contribution in [2.45, 2.75) is 46.0 Å². The van der Waals surface area contributed by atoms with E-state index in [2.05, 4.69) is 32.0 Å². The zero-order valence-corrected chi connectivity index (χ0v) is 14.8. The van der Waals surface area contributed by atoms with Gasteiger partial charge in [-0.05, 0) is 47.7 Å². The highest BCUT2D eigenvalue weighted by Crippen LogP contribution is 2.23. The minimum absolute atomic E-state index is 0.687. The summed E-state index contributed by atoms with van der Waals surface area (Å²) in [6.45, 7) is 5.37. The van der Waals surface area contributed by atoms with E-state index in [1.165, 1.54) is 25.7 Å². The number of hydrogen-bond donors (Lipinski definition) is 0. The molecule has 0 amide bonds. The summed E-state index contributed by atoms with van der Waals surface area (Å²) in [5, 5.41) is 8.84. The van der Waals surface area contributed by atoms with Gasteiger partial charge in [0.25, 0.3) is 0 Å². The number of nitrogens with zero attached hydrogens (tertiary/aromatic N) is 1. The lowest BCUT2D eigenvalue weighted by molar-refractivity contribution is 0.302. The largest absolute Gasteiger partial charge is 0.494 e. The highest BCUT2D eigenvalue weighted by molar-refractivity contribution is 5.64. The first-order chi connectivity index (χ1) is 11.7. The van der Waals surface area contributed by atoms with Gasteiger partial charge in [-0.15, -0.1) is 0 Å². The molecule has 2 aromatic rings. The molecule has 0 bridgehead atoms. The van der Waals surface area contributed by atoms with Crippen molar-refractivity contribution >= 4 is 0 Å². The molecule has 2 aromatic carbocycles. The molecule has 24 heavy (non-hydrogen) atoms. The average Bonchev–Trinajstić information content (AvgIpc) is 2.65. The molecule has 0 aliphatic heterocycles. The fourth-order valence-corrected chi connectivity index (χ4v) is 2.65. The van der Waals surface area contributed by atoms with Gasteiger partial charge in [0, 0.05) is 0 Å². The zero-order valence-electron chi connectivity index (χ0n) is 14.8. The van der Waals surface area contributed by atoms with Crippen LogP contribution < -0.4 is 4.74 Å². The molecule has 0 radical (unpaired) electrons. The van der Waals surface area contributed by atoms with Crippen molar-refractivity contribution in [2.24, 2.45) is 5.92 Å². The molecule has 0 spiro atoms. The molecular formula is C22H27NO. The Balaban J connectivity index is 1.75. The molecule has 0 N–H and O–H groups in total. The molecule has 0 fully saturated rings. The molecule has 0 aliphatic carbocycles. The molecule has 2 rings (SSSR count). The van der Waals surface area contributed by atoms with E-state index in [0.717, 1.165) is 35.8 Å². The van der Waals surface area contributed by atoms with Crippen molar-refractivity contribution in [1.82, 2.24) is 0 Å². The van der Waals surface area contributed by atoms with E-state index in [4.69, 9.17) is 10.00 Å². The Labute approximate surface area is 146 Å². The van der Waals surface area contributed by atoms with Gasteiger partial charge >= 0.3 is 0 Å². The lowest BCUT2D eigenvalue weighted by Gasteiger charge is -2.09. The van der Waals surface area contributed by atoms with Crippen LogP contribution in [0.15, 0.2) is 48.5 Å². The Morgan fingerprint density at radius 1 is 0.917 bits per heavy atom. The van der Waals surface area contributed by atoms with Crippen molar-refractivity contribution < 1.29 is 4.74 Å². The Kier molecular flexibility index (Phi) is 7.36. The molecule has 0 saturated carbocycles. The minimum atomic E-state index is 0.687. The van der Waals surface area contributed by atoms with Gasteiger partial charge in [-0.3, -0.25) is 0 Å². The zero-order chi connectivity index (χ0) is 17.2. The van der Waals surface area contributed by atoms with Crippen LogP contribution in [-0.2, 0) is 0 Å². The molecule has 1 atom stereocenters. The van der Waals surface area contributed by atoms with E-state index in [0.29, 0.717) is 5.56 Å². The van der Waals surface area contributed by atoms with Crippen LogP contribution in [0, 0.1) is 17.2 Å². The van der Waals surface area contributed by atoms with Crippen molar-refractivity contribution in [2.75, 3.05) is 6.61 Å². The summed E-state index contributed by atoms with van der Waals surface area (Å²) in [5.41, 5.74) is 2.94. The molecule has 1 unspecified atom stereocenters. The highest BCUT2D eigenvalue weighted by atomic mass is 16.5. The summed E-state index contributed by atoms with van der Waals surface area (Å²) in [6.07, 6.45) is 6.27. The summed E-state index contributed by atoms with van der Waals surface area (Å²) < 4.78 is 5.82. The Morgan fingerprint density at radius 2 is 1.54 bits per heavy atom. The molecule has 0 aromatic heterocycles. The second-order valence-corrected chi connectivity index (χ2v) is 6.42. The summed E-state index contributed by atoms with van der Waals surface area (Å²) in [6, 6.07) is 18.0. The van der Waals surface area contributed by atoms with Crippen molar-refractivity contribution in [3.05, 3.63) is 54.1 Å². The van der Waals surface area contributed by atoms with Crippen LogP contribution in [-0.4, -0.2) is 6.61 Å². The van der Waals surface area contributed by atoms with Gasteiger partial charge in [0.2, 0.25) is 0 Å². The fraction of sp³-hybridized carbons (Fsp3) is 0.409. The second-order valence-electron chi connectivity index (χ2n) is 6.42. The number of hydrogen-bond acceptors (Lipinski definition) is 2. The first-order valence-electron chi connectivity index (χ1n) is 8.96.